The van der Waals surface area contributed by atoms with E-state index in [1.54, 1.807) is 40.3 Å². The van der Waals surface area contributed by atoms with Crippen LogP contribution in [0, 0.1) is 0 Å². The Labute approximate surface area is 169 Å². The fourth-order valence-electron chi connectivity index (χ4n) is 3.27. The second kappa shape index (κ2) is 9.43. The number of aryl methyl sites for hydroxylation is 1. The summed E-state index contributed by atoms with van der Waals surface area (Å²) in [5, 5.41) is 10.5. The number of esters is 1. The smallest absolute Gasteiger partial charge is 0.338 e. The second-order valence-corrected chi connectivity index (χ2v) is 6.75. The van der Waals surface area contributed by atoms with Crippen LogP contribution in [0.1, 0.15) is 30.6 Å². The lowest BCUT2D eigenvalue weighted by molar-refractivity contribution is 0.0525. The molecule has 2 aromatic carbocycles. The first-order valence-electron chi connectivity index (χ1n) is 9.81. The zero-order valence-corrected chi connectivity index (χ0v) is 16.7. The maximum absolute atomic E-state index is 12.8. The van der Waals surface area contributed by atoms with E-state index >= 15 is 0 Å². The molecule has 1 aromatic heterocycles. The molecule has 154 valence electrons. The maximum Gasteiger partial charge on any atom is 0.338 e. The molecule has 0 saturated heterocycles. The van der Waals surface area contributed by atoms with E-state index in [1.165, 1.54) is 0 Å². The molecule has 0 aliphatic carbocycles. The van der Waals surface area contributed by atoms with Crippen molar-refractivity contribution in [2.24, 2.45) is 0 Å². The first-order valence-corrected chi connectivity index (χ1v) is 9.81. The number of ether oxygens (including phenoxy) is 2. The van der Waals surface area contributed by atoms with E-state index in [0.29, 0.717) is 24.5 Å². The zero-order valence-electron chi connectivity index (χ0n) is 16.7. The van der Waals surface area contributed by atoms with Gasteiger partial charge >= 0.3 is 11.7 Å². The molecule has 1 N–H and O–H groups in total. The van der Waals surface area contributed by atoms with E-state index in [4.69, 9.17) is 9.47 Å². The minimum Gasteiger partial charge on any atom is -0.491 e. The van der Waals surface area contributed by atoms with Gasteiger partial charge < -0.3 is 14.6 Å². The Balaban J connectivity index is 1.71. The van der Waals surface area contributed by atoms with Crippen molar-refractivity contribution >= 4 is 17.0 Å². The van der Waals surface area contributed by atoms with Crippen LogP contribution >= 0.6 is 0 Å². The number of hydrogen-bond donors (Lipinski definition) is 1. The standard InChI is InChI=1S/C22H26N2O5/c1-3-12-23-19-10-5-6-11-20(19)24(22(23)27)14-17(25)15-29-18-9-7-8-16(13-18)21(26)28-4-2/h5-11,13,17,25H,3-4,12,14-15H2,1-2H3/t17-/m0/s1. The summed E-state index contributed by atoms with van der Waals surface area (Å²) in [6.45, 7) is 4.79. The number of hydrogen-bond acceptors (Lipinski definition) is 5. The van der Waals surface area contributed by atoms with Gasteiger partial charge in [-0.25, -0.2) is 9.59 Å². The number of aromatic nitrogens is 2. The minimum atomic E-state index is -0.889. The van der Waals surface area contributed by atoms with Crippen LogP contribution in [0.2, 0.25) is 0 Å². The van der Waals surface area contributed by atoms with Crippen molar-refractivity contribution in [3.05, 3.63) is 64.6 Å². The summed E-state index contributed by atoms with van der Waals surface area (Å²) in [6.07, 6.45) is -0.0454. The number of nitrogens with zero attached hydrogens (tertiary/aromatic N) is 2. The largest absolute Gasteiger partial charge is 0.491 e. The molecule has 0 amide bonds. The number of aliphatic hydroxyl groups is 1. The van der Waals surface area contributed by atoms with Crippen LogP contribution in [0.25, 0.3) is 11.0 Å². The van der Waals surface area contributed by atoms with Gasteiger partial charge in [0.2, 0.25) is 0 Å². The highest BCUT2D eigenvalue weighted by atomic mass is 16.5. The Hall–Kier alpha value is -3.06. The number of carbonyl (C=O) groups is 1. The molecular formula is C22H26N2O5. The van der Waals surface area contributed by atoms with E-state index in [2.05, 4.69) is 0 Å². The van der Waals surface area contributed by atoms with E-state index in [0.717, 1.165) is 17.5 Å². The van der Waals surface area contributed by atoms with Gasteiger partial charge in [-0.15, -0.1) is 0 Å². The molecule has 3 rings (SSSR count). The van der Waals surface area contributed by atoms with Gasteiger partial charge in [0.1, 0.15) is 18.5 Å². The Morgan fingerprint density at radius 3 is 2.48 bits per heavy atom. The second-order valence-electron chi connectivity index (χ2n) is 6.75. The van der Waals surface area contributed by atoms with Gasteiger partial charge in [0.05, 0.1) is 29.7 Å². The van der Waals surface area contributed by atoms with Gasteiger partial charge in [-0.2, -0.15) is 0 Å². The zero-order chi connectivity index (χ0) is 20.8. The number of para-hydroxylation sites is 2. The molecular weight excluding hydrogens is 372 g/mol. The molecule has 3 aromatic rings. The summed E-state index contributed by atoms with van der Waals surface area (Å²) in [6, 6.07) is 14.2. The third-order valence-electron chi connectivity index (χ3n) is 4.55. The third kappa shape index (κ3) is 4.68. The normalized spacial score (nSPS) is 12.1. The molecule has 0 radical (unpaired) electrons. The lowest BCUT2D eigenvalue weighted by atomic mass is 10.2. The summed E-state index contributed by atoms with van der Waals surface area (Å²) in [4.78, 5) is 24.6. The van der Waals surface area contributed by atoms with Crippen molar-refractivity contribution < 1.29 is 19.4 Å². The first kappa shape index (κ1) is 20.7. The highest BCUT2D eigenvalue weighted by molar-refractivity contribution is 5.89. The quantitative estimate of drug-likeness (QED) is 0.561. The van der Waals surface area contributed by atoms with Crippen LogP contribution < -0.4 is 10.4 Å². The van der Waals surface area contributed by atoms with Gasteiger partial charge in [-0.1, -0.05) is 25.1 Å². The van der Waals surface area contributed by atoms with Crippen LogP contribution in [0.15, 0.2) is 53.3 Å². The molecule has 0 aliphatic heterocycles. The Morgan fingerprint density at radius 1 is 1.07 bits per heavy atom. The summed E-state index contributed by atoms with van der Waals surface area (Å²) in [7, 11) is 0. The van der Waals surface area contributed by atoms with Crippen molar-refractivity contribution in [3.63, 3.8) is 0 Å². The highest BCUT2D eigenvalue weighted by Crippen LogP contribution is 2.16. The monoisotopic (exact) mass is 398 g/mol. The number of carbonyl (C=O) groups excluding carboxylic acids is 1. The first-order chi connectivity index (χ1) is 14.0. The molecule has 0 saturated carbocycles. The average molecular weight is 398 g/mol. The average Bonchev–Trinajstić information content (AvgIpc) is 2.99. The minimum absolute atomic E-state index is 0.00793. The van der Waals surface area contributed by atoms with Crippen molar-refractivity contribution in [2.75, 3.05) is 13.2 Å². The molecule has 0 bridgehead atoms. The fraction of sp³-hybridized carbons (Fsp3) is 0.364. The number of fused-ring (bicyclic) bond motifs is 1. The molecule has 0 unspecified atom stereocenters. The summed E-state index contributed by atoms with van der Waals surface area (Å²) in [5.74, 6) is 0.0316. The summed E-state index contributed by atoms with van der Waals surface area (Å²) >= 11 is 0. The Morgan fingerprint density at radius 2 is 1.79 bits per heavy atom. The van der Waals surface area contributed by atoms with E-state index in [9.17, 15) is 14.7 Å². The number of rotatable bonds is 9. The summed E-state index contributed by atoms with van der Waals surface area (Å²) < 4.78 is 13.9. The van der Waals surface area contributed by atoms with Gasteiger partial charge in [-0.3, -0.25) is 9.13 Å². The predicted octanol–water partition coefficient (Wildman–Crippen LogP) is 2.83. The topological polar surface area (TPSA) is 82.7 Å². The molecule has 0 spiro atoms. The molecule has 0 fully saturated rings. The molecule has 1 atom stereocenters. The van der Waals surface area contributed by atoms with Gasteiger partial charge in [0.25, 0.3) is 0 Å². The van der Waals surface area contributed by atoms with E-state index < -0.39 is 12.1 Å². The van der Waals surface area contributed by atoms with Crippen LogP contribution in [-0.2, 0) is 17.8 Å². The molecule has 29 heavy (non-hydrogen) atoms. The van der Waals surface area contributed by atoms with Gasteiger partial charge in [0, 0.05) is 6.54 Å². The lowest BCUT2D eigenvalue weighted by Gasteiger charge is -2.13. The predicted molar refractivity (Wildman–Crippen MR) is 110 cm³/mol. The molecule has 0 aliphatic rings. The van der Waals surface area contributed by atoms with Gasteiger partial charge in [0.15, 0.2) is 0 Å². The van der Waals surface area contributed by atoms with Crippen LogP contribution in [0.4, 0.5) is 0 Å². The SMILES string of the molecule is CCCn1c(=O)n(C[C@H](O)COc2cccc(C(=O)OCC)c2)c2ccccc21. The third-order valence-corrected chi connectivity index (χ3v) is 4.55. The fourth-order valence-corrected chi connectivity index (χ4v) is 3.27. The van der Waals surface area contributed by atoms with Gasteiger partial charge in [-0.05, 0) is 43.7 Å². The molecule has 7 nitrogen and oxygen atoms in total. The highest BCUT2D eigenvalue weighted by Gasteiger charge is 2.16. The van der Waals surface area contributed by atoms with Crippen LogP contribution in [0.5, 0.6) is 5.75 Å². The maximum atomic E-state index is 12.8. The lowest BCUT2D eigenvalue weighted by Crippen LogP contribution is -2.31. The van der Waals surface area contributed by atoms with Crippen molar-refractivity contribution in [1.29, 1.82) is 0 Å². The molecule has 1 heterocycles. The van der Waals surface area contributed by atoms with Crippen molar-refractivity contribution in [1.82, 2.24) is 9.13 Å². The van der Waals surface area contributed by atoms with Crippen LogP contribution in [-0.4, -0.2) is 39.5 Å². The Kier molecular flexibility index (Phi) is 6.72. The van der Waals surface area contributed by atoms with E-state index in [1.807, 2.05) is 31.2 Å². The summed E-state index contributed by atoms with van der Waals surface area (Å²) in [5.41, 5.74) is 1.89. The number of imidazole rings is 1. The number of benzene rings is 2. The van der Waals surface area contributed by atoms with Crippen molar-refractivity contribution in [3.8, 4) is 5.75 Å². The molecule has 7 heteroatoms. The number of aliphatic hydroxyl groups excluding tert-OH is 1. The Bertz CT molecular complexity index is 1040. The van der Waals surface area contributed by atoms with Crippen molar-refractivity contribution in [2.45, 2.75) is 39.5 Å². The van der Waals surface area contributed by atoms with Crippen LogP contribution in [0.3, 0.4) is 0 Å². The van der Waals surface area contributed by atoms with E-state index in [-0.39, 0.29) is 18.8 Å².